The van der Waals surface area contributed by atoms with E-state index in [-0.39, 0.29) is 6.10 Å². The molecule has 0 saturated carbocycles. The molecule has 1 aliphatic rings. The van der Waals surface area contributed by atoms with Crippen LogP contribution in [0.2, 0.25) is 0 Å². The first-order chi connectivity index (χ1) is 14.1. The van der Waals surface area contributed by atoms with E-state index < -0.39 is 0 Å². The van der Waals surface area contributed by atoms with Crippen molar-refractivity contribution in [2.24, 2.45) is 14.1 Å². The predicted molar refractivity (Wildman–Crippen MR) is 115 cm³/mol. The molecule has 0 aromatic carbocycles. The topological polar surface area (TPSA) is 81.8 Å². The summed E-state index contributed by atoms with van der Waals surface area (Å²) < 4.78 is 9.62. The van der Waals surface area contributed by atoms with E-state index >= 15 is 0 Å². The number of nitrogens with one attached hydrogen (secondary N) is 2. The van der Waals surface area contributed by atoms with Crippen molar-refractivity contribution in [1.29, 1.82) is 0 Å². The van der Waals surface area contributed by atoms with Crippen molar-refractivity contribution in [3.8, 4) is 17.0 Å². The summed E-state index contributed by atoms with van der Waals surface area (Å²) in [5.74, 6) is 0.656. The average Bonchev–Trinajstić information content (AvgIpc) is 3.33. The summed E-state index contributed by atoms with van der Waals surface area (Å²) in [5.41, 5.74) is 4.24. The Labute approximate surface area is 171 Å². The van der Waals surface area contributed by atoms with Gasteiger partial charge in [-0.25, -0.2) is 4.98 Å². The van der Waals surface area contributed by atoms with Crippen molar-refractivity contribution in [2.45, 2.75) is 19.4 Å². The molecule has 0 aliphatic carbocycles. The lowest BCUT2D eigenvalue weighted by Crippen LogP contribution is -2.40. The van der Waals surface area contributed by atoms with Crippen LogP contribution in [0, 0.1) is 0 Å². The summed E-state index contributed by atoms with van der Waals surface area (Å²) >= 11 is 0. The first-order valence-electron chi connectivity index (χ1n) is 9.74. The molecule has 4 heterocycles. The molecule has 4 rings (SSSR count). The molecular weight excluding hydrogens is 366 g/mol. The molecule has 1 atom stereocenters. The van der Waals surface area contributed by atoms with Crippen LogP contribution in [0.1, 0.15) is 12.5 Å². The van der Waals surface area contributed by atoms with Crippen LogP contribution < -0.4 is 15.4 Å². The Morgan fingerprint density at radius 3 is 2.66 bits per heavy atom. The first-order valence-corrected chi connectivity index (χ1v) is 9.74. The monoisotopic (exact) mass is 395 g/mol. The zero-order valence-corrected chi connectivity index (χ0v) is 17.3. The Hall–Kier alpha value is -3.13. The van der Waals surface area contributed by atoms with Gasteiger partial charge in [0.2, 0.25) is 5.88 Å². The van der Waals surface area contributed by atoms with Gasteiger partial charge in [-0.1, -0.05) is 6.08 Å². The molecule has 3 aromatic heterocycles. The van der Waals surface area contributed by atoms with Crippen molar-refractivity contribution < 1.29 is 4.74 Å². The molecular formula is C21H29N7O. The lowest BCUT2D eigenvalue weighted by atomic mass is 10.1. The molecule has 3 aromatic rings. The van der Waals surface area contributed by atoms with Crippen molar-refractivity contribution in [2.75, 3.05) is 25.0 Å². The first kappa shape index (κ1) is 20.6. The normalized spacial score (nSPS) is 14.8. The lowest BCUT2D eigenvalue weighted by molar-refractivity contribution is 0.194. The number of allylic oxidation sites excluding steroid dienone is 1. The Balaban J connectivity index is 0.000000755. The highest BCUT2D eigenvalue weighted by Crippen LogP contribution is 2.30. The van der Waals surface area contributed by atoms with Gasteiger partial charge in [0.25, 0.3) is 0 Å². The van der Waals surface area contributed by atoms with Gasteiger partial charge in [0.1, 0.15) is 6.10 Å². The third kappa shape index (κ3) is 5.68. The number of fused-ring (bicyclic) bond motifs is 1. The minimum atomic E-state index is 0.0631. The molecule has 8 nitrogen and oxygen atoms in total. The number of hydrogen-bond donors (Lipinski definition) is 2. The summed E-state index contributed by atoms with van der Waals surface area (Å²) in [6, 6.07) is 2.06. The minimum Gasteiger partial charge on any atom is -0.470 e. The fraction of sp³-hybridized carbons (Fsp3) is 0.381. The molecule has 1 aliphatic heterocycles. The molecule has 29 heavy (non-hydrogen) atoms. The second-order valence-corrected chi connectivity index (χ2v) is 6.98. The van der Waals surface area contributed by atoms with E-state index in [1.807, 2.05) is 56.7 Å². The van der Waals surface area contributed by atoms with Gasteiger partial charge in [0, 0.05) is 50.4 Å². The van der Waals surface area contributed by atoms with Gasteiger partial charge in [0.15, 0.2) is 0 Å². The van der Waals surface area contributed by atoms with Crippen LogP contribution in [0.15, 0.2) is 49.7 Å². The summed E-state index contributed by atoms with van der Waals surface area (Å²) in [6.45, 7) is 7.68. The molecule has 0 radical (unpaired) electrons. The molecule has 0 fully saturated rings. The number of rotatable bonds is 6. The molecule has 1 unspecified atom stereocenters. The Morgan fingerprint density at radius 2 is 1.97 bits per heavy atom. The highest BCUT2D eigenvalue weighted by molar-refractivity contribution is 5.69. The standard InChI is InChI=1S/C18H23N7O.C3H6/c1-24-11-13(6-22-24)3-4-19-9-16-10-20-17-5-14(7-21-18(17)26-16)15-8-23-25(2)12-15;1-3-2/h5-8,11-12,16,19-20H,3-4,9-10H2,1-2H3;3H,1H2,2H3. The van der Waals surface area contributed by atoms with E-state index in [0.29, 0.717) is 5.88 Å². The van der Waals surface area contributed by atoms with E-state index in [0.717, 1.165) is 42.9 Å². The van der Waals surface area contributed by atoms with Gasteiger partial charge in [-0.15, -0.1) is 6.58 Å². The van der Waals surface area contributed by atoms with Gasteiger partial charge in [-0.2, -0.15) is 10.2 Å². The third-order valence-electron chi connectivity index (χ3n) is 4.41. The van der Waals surface area contributed by atoms with Crippen LogP contribution in [0.25, 0.3) is 11.1 Å². The van der Waals surface area contributed by atoms with Crippen molar-refractivity contribution >= 4 is 5.69 Å². The number of ether oxygens (including phenoxy) is 1. The van der Waals surface area contributed by atoms with E-state index in [4.69, 9.17) is 4.74 Å². The molecule has 0 saturated heterocycles. The maximum absolute atomic E-state index is 6.01. The fourth-order valence-electron chi connectivity index (χ4n) is 3.03. The highest BCUT2D eigenvalue weighted by atomic mass is 16.5. The largest absolute Gasteiger partial charge is 0.470 e. The molecule has 0 amide bonds. The van der Waals surface area contributed by atoms with E-state index in [1.54, 1.807) is 10.8 Å². The number of aromatic nitrogens is 5. The van der Waals surface area contributed by atoms with Crippen molar-refractivity contribution in [3.63, 3.8) is 0 Å². The predicted octanol–water partition coefficient (Wildman–Crippen LogP) is 2.41. The number of anilines is 1. The number of nitrogens with zero attached hydrogens (tertiary/aromatic N) is 5. The fourth-order valence-corrected chi connectivity index (χ4v) is 3.03. The molecule has 0 bridgehead atoms. The summed E-state index contributed by atoms with van der Waals surface area (Å²) in [4.78, 5) is 4.47. The van der Waals surface area contributed by atoms with E-state index in [2.05, 4.69) is 38.5 Å². The average molecular weight is 396 g/mol. The summed E-state index contributed by atoms with van der Waals surface area (Å²) in [6.07, 6.45) is 12.4. The SMILES string of the molecule is C=CC.Cn1cc(CCNCC2CNc3cc(-c4cnn(C)c4)cnc3O2)cn1. The highest BCUT2D eigenvalue weighted by Gasteiger charge is 2.20. The number of pyridine rings is 1. The third-order valence-corrected chi connectivity index (χ3v) is 4.41. The number of hydrogen-bond acceptors (Lipinski definition) is 6. The van der Waals surface area contributed by atoms with Crippen LogP contribution >= 0.6 is 0 Å². The van der Waals surface area contributed by atoms with Gasteiger partial charge < -0.3 is 15.4 Å². The van der Waals surface area contributed by atoms with Crippen LogP contribution in [-0.4, -0.2) is 50.3 Å². The Bertz CT molecular complexity index is 931. The van der Waals surface area contributed by atoms with Crippen molar-refractivity contribution in [3.05, 3.63) is 55.3 Å². The molecule has 2 N–H and O–H groups in total. The van der Waals surface area contributed by atoms with Crippen LogP contribution in [-0.2, 0) is 20.5 Å². The summed E-state index contributed by atoms with van der Waals surface area (Å²) in [5, 5.41) is 15.3. The maximum atomic E-state index is 6.01. The van der Waals surface area contributed by atoms with Crippen LogP contribution in [0.3, 0.4) is 0 Å². The summed E-state index contributed by atoms with van der Waals surface area (Å²) in [7, 11) is 3.84. The zero-order valence-electron chi connectivity index (χ0n) is 17.3. The molecule has 0 spiro atoms. The molecule has 8 heteroatoms. The minimum absolute atomic E-state index is 0.0631. The van der Waals surface area contributed by atoms with E-state index in [1.165, 1.54) is 5.56 Å². The van der Waals surface area contributed by atoms with Crippen LogP contribution in [0.5, 0.6) is 5.88 Å². The van der Waals surface area contributed by atoms with Gasteiger partial charge in [-0.05, 0) is 31.5 Å². The second-order valence-electron chi connectivity index (χ2n) is 6.98. The smallest absolute Gasteiger partial charge is 0.237 e. The van der Waals surface area contributed by atoms with Crippen molar-refractivity contribution in [1.82, 2.24) is 29.9 Å². The second kappa shape index (κ2) is 9.88. The van der Waals surface area contributed by atoms with Crippen LogP contribution in [0.4, 0.5) is 5.69 Å². The van der Waals surface area contributed by atoms with Gasteiger partial charge in [0.05, 0.1) is 24.6 Å². The quantitative estimate of drug-likeness (QED) is 0.493. The van der Waals surface area contributed by atoms with E-state index in [9.17, 15) is 0 Å². The molecule has 154 valence electrons. The number of aryl methyl sites for hydroxylation is 2. The lowest BCUT2D eigenvalue weighted by Gasteiger charge is -2.27. The zero-order chi connectivity index (χ0) is 20.6. The van der Waals surface area contributed by atoms with Gasteiger partial charge >= 0.3 is 0 Å². The Kier molecular flexibility index (Phi) is 7.02. The van der Waals surface area contributed by atoms with Gasteiger partial charge in [-0.3, -0.25) is 9.36 Å². The Morgan fingerprint density at radius 1 is 1.21 bits per heavy atom. The maximum Gasteiger partial charge on any atom is 0.237 e.